The van der Waals surface area contributed by atoms with Gasteiger partial charge in [0.05, 0.1) is 6.04 Å². The van der Waals surface area contributed by atoms with E-state index in [0.717, 1.165) is 5.92 Å². The van der Waals surface area contributed by atoms with Gasteiger partial charge in [-0.15, -0.1) is 0 Å². The van der Waals surface area contributed by atoms with Crippen LogP contribution < -0.4 is 0 Å². The van der Waals surface area contributed by atoms with Gasteiger partial charge in [0.15, 0.2) is 5.72 Å². The van der Waals surface area contributed by atoms with E-state index in [1.54, 1.807) is 7.11 Å². The molecule has 0 aromatic heterocycles. The van der Waals surface area contributed by atoms with Crippen LogP contribution in [0.15, 0.2) is 10.2 Å². The molecule has 0 bridgehead atoms. The highest BCUT2D eigenvalue weighted by molar-refractivity contribution is 4.85. The molecule has 0 amide bonds. The maximum Gasteiger partial charge on any atom is 0.178 e. The largest absolute Gasteiger partial charge is 0.355 e. The first-order valence-corrected chi connectivity index (χ1v) is 7.63. The molecule has 2 fully saturated rings. The SMILES string of the molecule is COC(C)(N=NC(C)C1CCCC1)C1CCCC1. The van der Waals surface area contributed by atoms with Crippen LogP contribution in [0.5, 0.6) is 0 Å². The molecule has 2 atom stereocenters. The third-order valence-electron chi connectivity index (χ3n) is 5.05. The summed E-state index contributed by atoms with van der Waals surface area (Å²) in [7, 11) is 1.78. The summed E-state index contributed by atoms with van der Waals surface area (Å²) >= 11 is 0. The molecule has 3 heteroatoms. The monoisotopic (exact) mass is 252 g/mol. The number of hydrogen-bond donors (Lipinski definition) is 0. The van der Waals surface area contributed by atoms with Crippen LogP contribution in [0.4, 0.5) is 0 Å². The van der Waals surface area contributed by atoms with E-state index >= 15 is 0 Å². The summed E-state index contributed by atoms with van der Waals surface area (Å²) in [6.45, 7) is 4.32. The minimum Gasteiger partial charge on any atom is -0.355 e. The molecule has 3 nitrogen and oxygen atoms in total. The summed E-state index contributed by atoms with van der Waals surface area (Å²) in [6.07, 6.45) is 10.5. The van der Waals surface area contributed by atoms with Gasteiger partial charge < -0.3 is 4.74 Å². The van der Waals surface area contributed by atoms with E-state index in [1.807, 2.05) is 0 Å². The Kier molecular flexibility index (Phi) is 4.77. The molecule has 0 N–H and O–H groups in total. The lowest BCUT2D eigenvalue weighted by molar-refractivity contribution is -0.0413. The van der Waals surface area contributed by atoms with Crippen molar-refractivity contribution in [2.45, 2.75) is 77.0 Å². The molecule has 0 aromatic carbocycles. The summed E-state index contributed by atoms with van der Waals surface area (Å²) in [5, 5.41) is 9.20. The molecule has 0 saturated heterocycles. The Labute approximate surface area is 111 Å². The first-order chi connectivity index (χ1) is 8.65. The molecule has 0 spiro atoms. The van der Waals surface area contributed by atoms with Crippen molar-refractivity contribution in [2.75, 3.05) is 7.11 Å². The summed E-state index contributed by atoms with van der Waals surface area (Å²) in [5.74, 6) is 1.31. The van der Waals surface area contributed by atoms with Gasteiger partial charge in [-0.05, 0) is 45.4 Å². The molecule has 2 aliphatic carbocycles. The quantitative estimate of drug-likeness (QED) is 0.660. The Balaban J connectivity index is 1.95. The van der Waals surface area contributed by atoms with E-state index in [-0.39, 0.29) is 5.72 Å². The van der Waals surface area contributed by atoms with Gasteiger partial charge in [-0.2, -0.15) is 10.2 Å². The Morgan fingerprint density at radius 3 is 2.17 bits per heavy atom. The summed E-state index contributed by atoms with van der Waals surface area (Å²) in [6, 6.07) is 0.364. The first kappa shape index (κ1) is 14.0. The number of azo groups is 1. The molecule has 18 heavy (non-hydrogen) atoms. The van der Waals surface area contributed by atoms with Gasteiger partial charge in [0.2, 0.25) is 0 Å². The van der Waals surface area contributed by atoms with Crippen LogP contribution in [0, 0.1) is 11.8 Å². The van der Waals surface area contributed by atoms with Gasteiger partial charge in [-0.25, -0.2) is 0 Å². The molecular formula is C15H28N2O. The highest BCUT2D eigenvalue weighted by Crippen LogP contribution is 2.38. The lowest BCUT2D eigenvalue weighted by Gasteiger charge is -2.29. The van der Waals surface area contributed by atoms with Crippen LogP contribution in [0.1, 0.15) is 65.2 Å². The fourth-order valence-corrected chi connectivity index (χ4v) is 3.49. The highest BCUT2D eigenvalue weighted by atomic mass is 16.5. The molecular weight excluding hydrogens is 224 g/mol. The van der Waals surface area contributed by atoms with Crippen LogP contribution in [-0.2, 0) is 4.74 Å². The summed E-state index contributed by atoms with van der Waals surface area (Å²) in [4.78, 5) is 0. The molecule has 0 aliphatic heterocycles. The second-order valence-electron chi connectivity index (χ2n) is 6.24. The predicted octanol–water partition coefficient (Wildman–Crippen LogP) is 4.57. The standard InChI is InChI=1S/C15H28N2O/c1-12(13-8-4-5-9-13)16-17-15(2,18-3)14-10-6-7-11-14/h12-14H,4-11H2,1-3H3. The number of hydrogen-bond acceptors (Lipinski definition) is 3. The van der Waals surface area contributed by atoms with Crippen LogP contribution in [0.3, 0.4) is 0 Å². The molecule has 0 heterocycles. The van der Waals surface area contributed by atoms with Gasteiger partial charge in [0.25, 0.3) is 0 Å². The van der Waals surface area contributed by atoms with Gasteiger partial charge in [-0.1, -0.05) is 25.7 Å². The normalized spacial score (nSPS) is 27.9. The molecule has 0 aromatic rings. The molecule has 104 valence electrons. The van der Waals surface area contributed by atoms with E-state index in [4.69, 9.17) is 4.74 Å². The maximum atomic E-state index is 5.67. The lowest BCUT2D eigenvalue weighted by Crippen LogP contribution is -2.33. The van der Waals surface area contributed by atoms with Crippen molar-refractivity contribution in [2.24, 2.45) is 22.1 Å². The van der Waals surface area contributed by atoms with Gasteiger partial charge in [0.1, 0.15) is 0 Å². The van der Waals surface area contributed by atoms with Crippen molar-refractivity contribution in [1.29, 1.82) is 0 Å². The summed E-state index contributed by atoms with van der Waals surface area (Å²) in [5.41, 5.74) is -0.386. The Bertz CT molecular complexity index is 280. The second kappa shape index (κ2) is 6.14. The molecule has 2 aliphatic rings. The van der Waals surface area contributed by atoms with E-state index in [2.05, 4.69) is 24.1 Å². The average molecular weight is 252 g/mol. The van der Waals surface area contributed by atoms with E-state index in [0.29, 0.717) is 12.0 Å². The Morgan fingerprint density at radius 1 is 1.06 bits per heavy atom. The van der Waals surface area contributed by atoms with Crippen molar-refractivity contribution in [3.8, 4) is 0 Å². The summed E-state index contributed by atoms with van der Waals surface area (Å²) < 4.78 is 5.67. The third-order valence-corrected chi connectivity index (χ3v) is 5.05. The predicted molar refractivity (Wildman–Crippen MR) is 73.6 cm³/mol. The fourth-order valence-electron chi connectivity index (χ4n) is 3.49. The van der Waals surface area contributed by atoms with Crippen molar-refractivity contribution in [3.63, 3.8) is 0 Å². The highest BCUT2D eigenvalue weighted by Gasteiger charge is 2.36. The number of ether oxygens (including phenoxy) is 1. The van der Waals surface area contributed by atoms with E-state index < -0.39 is 0 Å². The van der Waals surface area contributed by atoms with Gasteiger partial charge in [0, 0.05) is 13.0 Å². The van der Waals surface area contributed by atoms with E-state index in [9.17, 15) is 0 Å². The van der Waals surface area contributed by atoms with Crippen LogP contribution >= 0.6 is 0 Å². The zero-order chi connectivity index (χ0) is 13.0. The lowest BCUT2D eigenvalue weighted by atomic mass is 9.96. The number of nitrogens with zero attached hydrogens (tertiary/aromatic N) is 2. The van der Waals surface area contributed by atoms with Crippen molar-refractivity contribution >= 4 is 0 Å². The molecule has 2 saturated carbocycles. The Morgan fingerprint density at radius 2 is 1.61 bits per heavy atom. The second-order valence-corrected chi connectivity index (χ2v) is 6.24. The minimum atomic E-state index is -0.386. The van der Waals surface area contributed by atoms with Crippen molar-refractivity contribution in [3.05, 3.63) is 0 Å². The van der Waals surface area contributed by atoms with Crippen molar-refractivity contribution < 1.29 is 4.74 Å². The van der Waals surface area contributed by atoms with Crippen molar-refractivity contribution in [1.82, 2.24) is 0 Å². The average Bonchev–Trinajstić information content (AvgIpc) is 3.06. The third kappa shape index (κ3) is 3.11. The minimum absolute atomic E-state index is 0.364. The zero-order valence-corrected chi connectivity index (χ0v) is 12.2. The zero-order valence-electron chi connectivity index (χ0n) is 12.2. The number of methoxy groups -OCH3 is 1. The topological polar surface area (TPSA) is 34.0 Å². The van der Waals surface area contributed by atoms with Gasteiger partial charge >= 0.3 is 0 Å². The van der Waals surface area contributed by atoms with Gasteiger partial charge in [-0.3, -0.25) is 0 Å². The van der Waals surface area contributed by atoms with Crippen LogP contribution in [0.25, 0.3) is 0 Å². The molecule has 0 radical (unpaired) electrons. The fraction of sp³-hybridized carbons (Fsp3) is 1.00. The Hall–Kier alpha value is -0.440. The van der Waals surface area contributed by atoms with E-state index in [1.165, 1.54) is 51.4 Å². The van der Waals surface area contributed by atoms with Crippen LogP contribution in [-0.4, -0.2) is 18.9 Å². The molecule has 2 unspecified atom stereocenters. The smallest absolute Gasteiger partial charge is 0.178 e. The molecule has 2 rings (SSSR count). The first-order valence-electron chi connectivity index (χ1n) is 7.63. The van der Waals surface area contributed by atoms with Crippen LogP contribution in [0.2, 0.25) is 0 Å². The maximum absolute atomic E-state index is 5.67. The number of rotatable bonds is 5.